The summed E-state index contributed by atoms with van der Waals surface area (Å²) >= 11 is 12.0. The normalized spacial score (nSPS) is 10.6. The molecule has 1 N–H and O–H groups in total. The van der Waals surface area contributed by atoms with Gasteiger partial charge in [-0.1, -0.05) is 29.3 Å². The summed E-state index contributed by atoms with van der Waals surface area (Å²) in [6.45, 7) is -0.239. The van der Waals surface area contributed by atoms with Crippen LogP contribution in [0.15, 0.2) is 48.5 Å². The fourth-order valence-corrected chi connectivity index (χ4v) is 2.45. The first-order valence-electron chi connectivity index (χ1n) is 7.06. The Morgan fingerprint density at radius 1 is 1.08 bits per heavy atom. The minimum Gasteiger partial charge on any atom is -0.345 e. The Morgan fingerprint density at radius 2 is 1.68 bits per heavy atom. The van der Waals surface area contributed by atoms with Gasteiger partial charge in [0.05, 0.1) is 11.5 Å². The van der Waals surface area contributed by atoms with Gasteiger partial charge in [0.25, 0.3) is 5.69 Å². The van der Waals surface area contributed by atoms with E-state index in [9.17, 15) is 19.7 Å². The van der Waals surface area contributed by atoms with Crippen LogP contribution >= 0.6 is 23.2 Å². The van der Waals surface area contributed by atoms with Crippen LogP contribution in [0.3, 0.4) is 0 Å². The summed E-state index contributed by atoms with van der Waals surface area (Å²) < 4.78 is 0. The Hall–Kier alpha value is -2.70. The maximum absolute atomic E-state index is 12.0. The average molecular weight is 379 g/mol. The Morgan fingerprint density at radius 3 is 2.24 bits per heavy atom. The maximum atomic E-state index is 12.0. The van der Waals surface area contributed by atoms with Crippen molar-refractivity contribution in [3.63, 3.8) is 0 Å². The van der Waals surface area contributed by atoms with Crippen LogP contribution in [0.1, 0.15) is 15.9 Å². The van der Waals surface area contributed by atoms with Crippen LogP contribution in [0, 0.1) is 10.1 Å². The number of Topliss-reactive ketones (excluding diaryl/α,β-unsaturated/α-hetero) is 1. The lowest BCUT2D eigenvalue weighted by atomic mass is 10.1. The lowest BCUT2D eigenvalue weighted by Gasteiger charge is -2.03. The molecule has 0 aliphatic heterocycles. The standard InChI is InChI=1S/C17H12Cl2N2O4/c18-14-2-1-3-15(19)13(14)8-9-17(23)20-10-16(22)11-4-6-12(7-5-11)21(24)25/h1-9H,10H2,(H,20,23)/b9-8+. The third kappa shape index (κ3) is 5.14. The van der Waals surface area contributed by atoms with Gasteiger partial charge >= 0.3 is 0 Å². The summed E-state index contributed by atoms with van der Waals surface area (Å²) in [4.78, 5) is 33.8. The number of nitro groups is 1. The molecule has 0 saturated carbocycles. The molecule has 0 bridgehead atoms. The first-order valence-corrected chi connectivity index (χ1v) is 7.81. The highest BCUT2D eigenvalue weighted by Gasteiger charge is 2.10. The average Bonchev–Trinajstić information content (AvgIpc) is 2.59. The number of rotatable bonds is 6. The highest BCUT2D eigenvalue weighted by molar-refractivity contribution is 6.37. The van der Waals surface area contributed by atoms with E-state index in [0.717, 1.165) is 0 Å². The lowest BCUT2D eigenvalue weighted by Crippen LogP contribution is -2.27. The van der Waals surface area contributed by atoms with Crippen LogP contribution in [0.2, 0.25) is 10.0 Å². The van der Waals surface area contributed by atoms with Crippen molar-refractivity contribution in [1.82, 2.24) is 5.32 Å². The molecule has 0 aliphatic rings. The van der Waals surface area contributed by atoms with Crippen molar-refractivity contribution in [3.8, 4) is 0 Å². The number of nitrogens with zero attached hydrogens (tertiary/aromatic N) is 1. The number of amides is 1. The topological polar surface area (TPSA) is 89.3 Å². The second kappa shape index (κ2) is 8.41. The summed E-state index contributed by atoms with van der Waals surface area (Å²) in [6, 6.07) is 10.1. The molecule has 0 radical (unpaired) electrons. The number of benzene rings is 2. The molecule has 1 amide bonds. The van der Waals surface area contributed by atoms with Gasteiger partial charge in [-0.05, 0) is 30.3 Å². The molecule has 128 valence electrons. The Balaban J connectivity index is 1.94. The third-order valence-electron chi connectivity index (χ3n) is 3.22. The van der Waals surface area contributed by atoms with E-state index in [-0.39, 0.29) is 23.6 Å². The molecule has 2 rings (SSSR count). The van der Waals surface area contributed by atoms with Crippen LogP contribution in [-0.4, -0.2) is 23.2 Å². The molecule has 0 fully saturated rings. The van der Waals surface area contributed by atoms with Gasteiger partial charge in [0.15, 0.2) is 5.78 Å². The first-order chi connectivity index (χ1) is 11.9. The second-order valence-corrected chi connectivity index (χ2v) is 5.73. The van der Waals surface area contributed by atoms with E-state index < -0.39 is 10.8 Å². The quantitative estimate of drug-likeness (QED) is 0.357. The Bertz CT molecular complexity index is 828. The minimum absolute atomic E-state index is 0.111. The molecule has 0 aromatic heterocycles. The van der Waals surface area contributed by atoms with E-state index in [1.807, 2.05) is 0 Å². The Kier molecular flexibility index (Phi) is 6.27. The summed E-state index contributed by atoms with van der Waals surface area (Å²) in [6.07, 6.45) is 2.67. The molecule has 2 aromatic rings. The number of halogens is 2. The third-order valence-corrected chi connectivity index (χ3v) is 3.88. The molecule has 8 heteroatoms. The van der Waals surface area contributed by atoms with E-state index in [0.29, 0.717) is 15.6 Å². The van der Waals surface area contributed by atoms with Crippen LogP contribution in [0.4, 0.5) is 5.69 Å². The predicted molar refractivity (Wildman–Crippen MR) is 95.9 cm³/mol. The van der Waals surface area contributed by atoms with Crippen molar-refractivity contribution >= 4 is 46.7 Å². The highest BCUT2D eigenvalue weighted by atomic mass is 35.5. The highest BCUT2D eigenvalue weighted by Crippen LogP contribution is 2.25. The smallest absolute Gasteiger partial charge is 0.269 e. The van der Waals surface area contributed by atoms with Crippen LogP contribution in [0.25, 0.3) is 6.08 Å². The number of non-ortho nitro benzene ring substituents is 1. The van der Waals surface area contributed by atoms with Crippen molar-refractivity contribution < 1.29 is 14.5 Å². The lowest BCUT2D eigenvalue weighted by molar-refractivity contribution is -0.384. The van der Waals surface area contributed by atoms with E-state index in [1.165, 1.54) is 36.4 Å². The van der Waals surface area contributed by atoms with Crippen molar-refractivity contribution in [1.29, 1.82) is 0 Å². The van der Waals surface area contributed by atoms with Gasteiger partial charge in [-0.2, -0.15) is 0 Å². The monoisotopic (exact) mass is 378 g/mol. The molecular formula is C17H12Cl2N2O4. The summed E-state index contributed by atoms with van der Waals surface area (Å²) in [5.41, 5.74) is 0.659. The number of nitrogens with one attached hydrogen (secondary N) is 1. The number of nitro benzene ring substituents is 1. The van der Waals surface area contributed by atoms with E-state index in [1.54, 1.807) is 18.2 Å². The summed E-state index contributed by atoms with van der Waals surface area (Å²) in [5, 5.41) is 13.8. The summed E-state index contributed by atoms with van der Waals surface area (Å²) in [7, 11) is 0. The molecule has 6 nitrogen and oxygen atoms in total. The second-order valence-electron chi connectivity index (χ2n) is 4.91. The van der Waals surface area contributed by atoms with Gasteiger partial charge < -0.3 is 5.32 Å². The molecule has 0 saturated heterocycles. The molecule has 0 unspecified atom stereocenters. The minimum atomic E-state index is -0.555. The largest absolute Gasteiger partial charge is 0.345 e. The number of hydrogen-bond donors (Lipinski definition) is 1. The fourth-order valence-electron chi connectivity index (χ4n) is 1.93. The molecule has 25 heavy (non-hydrogen) atoms. The molecular weight excluding hydrogens is 367 g/mol. The predicted octanol–water partition coefficient (Wildman–Crippen LogP) is 3.91. The van der Waals surface area contributed by atoms with Gasteiger partial charge in [-0.15, -0.1) is 0 Å². The first kappa shape index (κ1) is 18.6. The Labute approximate surface area is 153 Å². The SMILES string of the molecule is O=C(/C=C/c1c(Cl)cccc1Cl)NCC(=O)c1ccc([N+](=O)[O-])cc1. The van der Waals surface area contributed by atoms with Crippen LogP contribution in [-0.2, 0) is 4.79 Å². The molecule has 0 spiro atoms. The molecule has 0 heterocycles. The van der Waals surface area contributed by atoms with Crippen molar-refractivity contribution in [3.05, 3.63) is 79.8 Å². The van der Waals surface area contributed by atoms with E-state index in [4.69, 9.17) is 23.2 Å². The van der Waals surface area contributed by atoms with Crippen LogP contribution in [0.5, 0.6) is 0 Å². The zero-order chi connectivity index (χ0) is 18.4. The van der Waals surface area contributed by atoms with Gasteiger partial charge in [0.2, 0.25) is 5.91 Å². The number of ketones is 1. The van der Waals surface area contributed by atoms with Crippen molar-refractivity contribution in [2.45, 2.75) is 0 Å². The van der Waals surface area contributed by atoms with Crippen LogP contribution < -0.4 is 5.32 Å². The van der Waals surface area contributed by atoms with E-state index in [2.05, 4.69) is 5.32 Å². The number of carbonyl (C=O) groups excluding carboxylic acids is 2. The molecule has 2 aromatic carbocycles. The molecule has 0 atom stereocenters. The zero-order valence-corrected chi connectivity index (χ0v) is 14.3. The maximum Gasteiger partial charge on any atom is 0.269 e. The van der Waals surface area contributed by atoms with Gasteiger partial charge in [0.1, 0.15) is 0 Å². The summed E-state index contributed by atoms with van der Waals surface area (Å²) in [5.74, 6) is -0.862. The van der Waals surface area contributed by atoms with Gasteiger partial charge in [0, 0.05) is 39.4 Å². The number of hydrogen-bond acceptors (Lipinski definition) is 4. The van der Waals surface area contributed by atoms with Crippen molar-refractivity contribution in [2.75, 3.05) is 6.54 Å². The molecule has 0 aliphatic carbocycles. The van der Waals surface area contributed by atoms with Gasteiger partial charge in [-0.25, -0.2) is 0 Å². The fraction of sp³-hybridized carbons (Fsp3) is 0.0588. The number of carbonyl (C=O) groups is 2. The zero-order valence-electron chi connectivity index (χ0n) is 12.7. The van der Waals surface area contributed by atoms with E-state index >= 15 is 0 Å². The van der Waals surface area contributed by atoms with Crippen molar-refractivity contribution in [2.24, 2.45) is 0 Å². The van der Waals surface area contributed by atoms with Gasteiger partial charge in [-0.3, -0.25) is 19.7 Å².